The molecule has 0 aliphatic carbocycles. The topological polar surface area (TPSA) is 15.3 Å². The molecule has 0 amide bonds. The lowest BCUT2D eigenvalue weighted by atomic mass is 10.1. The molecular formula is C18H22N2. The second kappa shape index (κ2) is 6.00. The second-order valence-electron chi connectivity index (χ2n) is 5.53. The Labute approximate surface area is 121 Å². The summed E-state index contributed by atoms with van der Waals surface area (Å²) in [6.45, 7) is 5.44. The third-order valence-electron chi connectivity index (χ3n) is 4.04. The van der Waals surface area contributed by atoms with Gasteiger partial charge in [-0.1, -0.05) is 30.3 Å². The number of nitrogens with zero attached hydrogens (tertiary/aromatic N) is 1. The number of nitrogens with one attached hydrogen (secondary N) is 1. The first-order valence-corrected chi connectivity index (χ1v) is 7.46. The molecule has 1 N–H and O–H groups in total. The Morgan fingerprint density at radius 1 is 0.950 bits per heavy atom. The Morgan fingerprint density at radius 2 is 1.65 bits per heavy atom. The van der Waals surface area contributed by atoms with Gasteiger partial charge < -0.3 is 10.2 Å². The van der Waals surface area contributed by atoms with E-state index < -0.39 is 0 Å². The molecule has 0 saturated carbocycles. The second-order valence-corrected chi connectivity index (χ2v) is 5.53. The minimum Gasteiger partial charge on any atom is -0.381 e. The van der Waals surface area contributed by atoms with Crippen LogP contribution in [0.3, 0.4) is 0 Å². The predicted molar refractivity (Wildman–Crippen MR) is 86.4 cm³/mol. The van der Waals surface area contributed by atoms with E-state index in [-0.39, 0.29) is 0 Å². The zero-order valence-corrected chi connectivity index (χ0v) is 12.1. The average molecular weight is 266 g/mol. The molecule has 1 fully saturated rings. The number of hydrogen-bond donors (Lipinski definition) is 1. The monoisotopic (exact) mass is 266 g/mol. The fraction of sp³-hybridized carbons (Fsp3) is 0.333. The van der Waals surface area contributed by atoms with Gasteiger partial charge in [-0.3, -0.25) is 0 Å². The summed E-state index contributed by atoms with van der Waals surface area (Å²) in [7, 11) is 0. The summed E-state index contributed by atoms with van der Waals surface area (Å²) in [5, 5.41) is 3.50. The normalized spacial score (nSPS) is 14.6. The maximum atomic E-state index is 3.50. The van der Waals surface area contributed by atoms with Crippen molar-refractivity contribution in [3.8, 4) is 0 Å². The molecule has 1 saturated heterocycles. The highest BCUT2D eigenvalue weighted by molar-refractivity contribution is 5.52. The van der Waals surface area contributed by atoms with Crippen LogP contribution in [0.5, 0.6) is 0 Å². The maximum Gasteiger partial charge on any atom is 0.0400 e. The van der Waals surface area contributed by atoms with E-state index >= 15 is 0 Å². The van der Waals surface area contributed by atoms with Crippen molar-refractivity contribution in [3.63, 3.8) is 0 Å². The van der Waals surface area contributed by atoms with Gasteiger partial charge in [0.25, 0.3) is 0 Å². The minimum absolute atomic E-state index is 0.880. The molecule has 2 nitrogen and oxygen atoms in total. The van der Waals surface area contributed by atoms with Gasteiger partial charge >= 0.3 is 0 Å². The lowest BCUT2D eigenvalue weighted by Crippen LogP contribution is -2.17. The zero-order chi connectivity index (χ0) is 13.8. The van der Waals surface area contributed by atoms with Gasteiger partial charge in [0.1, 0.15) is 0 Å². The van der Waals surface area contributed by atoms with Gasteiger partial charge in [0.2, 0.25) is 0 Å². The van der Waals surface area contributed by atoms with Crippen LogP contribution in [0.25, 0.3) is 0 Å². The number of hydrogen-bond acceptors (Lipinski definition) is 2. The molecule has 1 aliphatic heterocycles. The summed E-state index contributed by atoms with van der Waals surface area (Å²) < 4.78 is 0. The van der Waals surface area contributed by atoms with Gasteiger partial charge in [-0.05, 0) is 49.1 Å². The van der Waals surface area contributed by atoms with Crippen LogP contribution >= 0.6 is 0 Å². The highest BCUT2D eigenvalue weighted by Crippen LogP contribution is 2.21. The summed E-state index contributed by atoms with van der Waals surface area (Å²) in [5.41, 5.74) is 5.20. The van der Waals surface area contributed by atoms with Gasteiger partial charge in [-0.15, -0.1) is 0 Å². The van der Waals surface area contributed by atoms with Crippen LogP contribution < -0.4 is 10.2 Å². The Kier molecular flexibility index (Phi) is 3.91. The molecule has 0 atom stereocenters. The molecule has 0 aromatic heterocycles. The number of rotatable bonds is 4. The summed E-state index contributed by atoms with van der Waals surface area (Å²) in [4.78, 5) is 2.47. The lowest BCUT2D eigenvalue weighted by molar-refractivity contribution is 0.949. The van der Waals surface area contributed by atoms with Gasteiger partial charge in [0, 0.05) is 31.0 Å². The van der Waals surface area contributed by atoms with Crippen LogP contribution in [0.15, 0.2) is 48.5 Å². The maximum absolute atomic E-state index is 3.50. The quantitative estimate of drug-likeness (QED) is 0.892. The van der Waals surface area contributed by atoms with Crippen LogP contribution in [0.4, 0.5) is 11.4 Å². The van der Waals surface area contributed by atoms with Gasteiger partial charge in [-0.2, -0.15) is 0 Å². The molecule has 2 heteroatoms. The van der Waals surface area contributed by atoms with Crippen molar-refractivity contribution in [2.24, 2.45) is 0 Å². The predicted octanol–water partition coefficient (Wildman–Crippen LogP) is 4.21. The third-order valence-corrected chi connectivity index (χ3v) is 4.04. The van der Waals surface area contributed by atoms with Crippen LogP contribution in [-0.4, -0.2) is 13.1 Å². The molecule has 2 aromatic rings. The Bertz CT molecular complexity index is 554. The highest BCUT2D eigenvalue weighted by Gasteiger charge is 2.11. The first-order chi connectivity index (χ1) is 9.83. The van der Waals surface area contributed by atoms with Crippen molar-refractivity contribution in [2.75, 3.05) is 23.3 Å². The standard InChI is InChI=1S/C18H22N2/c1-15-6-2-3-7-18(15)19-14-16-8-10-17(11-9-16)20-12-4-5-13-20/h2-3,6-11,19H,4-5,12-14H2,1H3. The van der Waals surface area contributed by atoms with Crippen molar-refractivity contribution in [2.45, 2.75) is 26.3 Å². The van der Waals surface area contributed by atoms with E-state index in [9.17, 15) is 0 Å². The number of para-hydroxylation sites is 1. The largest absolute Gasteiger partial charge is 0.381 e. The van der Waals surface area contributed by atoms with Crippen LogP contribution in [0.2, 0.25) is 0 Å². The van der Waals surface area contributed by atoms with Crippen molar-refractivity contribution < 1.29 is 0 Å². The number of aryl methyl sites for hydroxylation is 1. The average Bonchev–Trinajstić information content (AvgIpc) is 3.01. The van der Waals surface area contributed by atoms with Crippen molar-refractivity contribution in [3.05, 3.63) is 59.7 Å². The zero-order valence-electron chi connectivity index (χ0n) is 12.1. The van der Waals surface area contributed by atoms with E-state index in [1.54, 1.807) is 0 Å². The lowest BCUT2D eigenvalue weighted by Gasteiger charge is -2.18. The van der Waals surface area contributed by atoms with E-state index in [0.29, 0.717) is 0 Å². The SMILES string of the molecule is Cc1ccccc1NCc1ccc(N2CCCC2)cc1. The highest BCUT2D eigenvalue weighted by atomic mass is 15.1. The molecule has 104 valence electrons. The van der Waals surface area contributed by atoms with E-state index in [4.69, 9.17) is 0 Å². The molecule has 0 radical (unpaired) electrons. The Balaban J connectivity index is 1.62. The molecular weight excluding hydrogens is 244 g/mol. The first kappa shape index (κ1) is 13.0. The molecule has 2 aromatic carbocycles. The van der Waals surface area contributed by atoms with Crippen LogP contribution in [0.1, 0.15) is 24.0 Å². The van der Waals surface area contributed by atoms with Crippen molar-refractivity contribution in [1.29, 1.82) is 0 Å². The molecule has 0 unspecified atom stereocenters. The van der Waals surface area contributed by atoms with Crippen LogP contribution in [0, 0.1) is 6.92 Å². The summed E-state index contributed by atoms with van der Waals surface area (Å²) in [5.74, 6) is 0. The fourth-order valence-electron chi connectivity index (χ4n) is 2.77. The Morgan fingerprint density at radius 3 is 2.35 bits per heavy atom. The number of benzene rings is 2. The summed E-state index contributed by atoms with van der Waals surface area (Å²) in [6, 6.07) is 17.4. The fourth-order valence-corrected chi connectivity index (χ4v) is 2.77. The Hall–Kier alpha value is -1.96. The van der Waals surface area contributed by atoms with Crippen molar-refractivity contribution >= 4 is 11.4 Å². The molecule has 0 bridgehead atoms. The third kappa shape index (κ3) is 2.96. The molecule has 20 heavy (non-hydrogen) atoms. The van der Waals surface area contributed by atoms with E-state index in [0.717, 1.165) is 6.54 Å². The summed E-state index contributed by atoms with van der Waals surface area (Å²) >= 11 is 0. The smallest absolute Gasteiger partial charge is 0.0400 e. The van der Waals surface area contributed by atoms with Gasteiger partial charge in [-0.25, -0.2) is 0 Å². The van der Waals surface area contributed by atoms with Gasteiger partial charge in [0.15, 0.2) is 0 Å². The molecule has 0 spiro atoms. The number of anilines is 2. The van der Waals surface area contributed by atoms with E-state index in [1.807, 2.05) is 0 Å². The van der Waals surface area contributed by atoms with Crippen LogP contribution in [-0.2, 0) is 6.54 Å². The molecule has 1 aliphatic rings. The molecule has 1 heterocycles. The van der Waals surface area contributed by atoms with Crippen molar-refractivity contribution in [1.82, 2.24) is 0 Å². The summed E-state index contributed by atoms with van der Waals surface area (Å²) in [6.07, 6.45) is 2.66. The minimum atomic E-state index is 0.880. The molecule has 3 rings (SSSR count). The van der Waals surface area contributed by atoms with E-state index in [2.05, 4.69) is 65.7 Å². The van der Waals surface area contributed by atoms with E-state index in [1.165, 1.54) is 48.4 Å². The van der Waals surface area contributed by atoms with Gasteiger partial charge in [0.05, 0.1) is 0 Å². The first-order valence-electron chi connectivity index (χ1n) is 7.46.